The molecule has 1 heterocycles. The van der Waals surface area contributed by atoms with Crippen LogP contribution >= 0.6 is 0 Å². The molecule has 6 heteroatoms. The van der Waals surface area contributed by atoms with E-state index in [0.29, 0.717) is 12.6 Å². The van der Waals surface area contributed by atoms with Crippen LogP contribution in [0.15, 0.2) is 12.7 Å². The third kappa shape index (κ3) is 6.35. The predicted molar refractivity (Wildman–Crippen MR) is 74.9 cm³/mol. The van der Waals surface area contributed by atoms with Crippen molar-refractivity contribution in [3.63, 3.8) is 0 Å². The molecule has 1 saturated heterocycles. The first-order chi connectivity index (χ1) is 9.13. The molecular formula is C13H24N4O2. The lowest BCUT2D eigenvalue weighted by atomic mass is 10.1. The lowest BCUT2D eigenvalue weighted by Gasteiger charge is -2.25. The van der Waals surface area contributed by atoms with E-state index in [-0.39, 0.29) is 12.5 Å². The first-order valence-electron chi connectivity index (χ1n) is 6.73. The summed E-state index contributed by atoms with van der Waals surface area (Å²) in [6, 6.07) is -0.0715. The fourth-order valence-corrected chi connectivity index (χ4v) is 2.17. The summed E-state index contributed by atoms with van der Waals surface area (Å²) in [7, 11) is 1.93. The second kappa shape index (κ2) is 8.66. The van der Waals surface area contributed by atoms with E-state index in [0.717, 1.165) is 32.4 Å². The Morgan fingerprint density at radius 2 is 2.21 bits per heavy atom. The number of amides is 3. The van der Waals surface area contributed by atoms with Crippen molar-refractivity contribution < 1.29 is 9.59 Å². The van der Waals surface area contributed by atoms with Gasteiger partial charge >= 0.3 is 6.03 Å². The molecule has 3 amide bonds. The average Bonchev–Trinajstić information content (AvgIpc) is 2.64. The number of carbonyl (C=O) groups is 2. The van der Waals surface area contributed by atoms with Crippen LogP contribution in [0.5, 0.6) is 0 Å². The standard InChI is InChI=1S/C13H24N4O2/c1-3-7-15-13(19)16-12(18)10-17(2)11-5-4-8-14-9-6-11/h3,11,14H,1,4-10H2,2H3,(H2,15,16,18,19). The van der Waals surface area contributed by atoms with Crippen molar-refractivity contribution in [2.24, 2.45) is 0 Å². The number of nitrogens with zero attached hydrogens (tertiary/aromatic N) is 1. The molecule has 0 aliphatic carbocycles. The van der Waals surface area contributed by atoms with Gasteiger partial charge in [-0.25, -0.2) is 4.79 Å². The van der Waals surface area contributed by atoms with Gasteiger partial charge in [-0.05, 0) is 39.4 Å². The predicted octanol–water partition coefficient (Wildman–Crippen LogP) is 0.0721. The number of likely N-dealkylation sites (N-methyl/N-ethyl adjacent to an activating group) is 1. The number of imide groups is 1. The second-order valence-corrected chi connectivity index (χ2v) is 4.80. The number of urea groups is 1. The van der Waals surface area contributed by atoms with Gasteiger partial charge in [-0.1, -0.05) is 6.08 Å². The molecule has 1 rings (SSSR count). The molecule has 1 fully saturated rings. The van der Waals surface area contributed by atoms with Crippen molar-refractivity contribution in [2.45, 2.75) is 25.3 Å². The topological polar surface area (TPSA) is 73.5 Å². The van der Waals surface area contributed by atoms with E-state index in [4.69, 9.17) is 0 Å². The minimum absolute atomic E-state index is 0.242. The van der Waals surface area contributed by atoms with Crippen molar-refractivity contribution in [3.8, 4) is 0 Å². The number of carbonyl (C=O) groups excluding carboxylic acids is 2. The normalized spacial score (nSPS) is 19.6. The van der Waals surface area contributed by atoms with Gasteiger partial charge in [0.25, 0.3) is 0 Å². The Bertz CT molecular complexity index is 312. The molecule has 1 atom stereocenters. The molecule has 0 spiro atoms. The summed E-state index contributed by atoms with van der Waals surface area (Å²) in [6.07, 6.45) is 4.80. The highest BCUT2D eigenvalue weighted by atomic mass is 16.2. The highest BCUT2D eigenvalue weighted by Gasteiger charge is 2.19. The Morgan fingerprint density at radius 1 is 1.42 bits per heavy atom. The van der Waals surface area contributed by atoms with Gasteiger partial charge in [0, 0.05) is 12.6 Å². The molecule has 1 aliphatic rings. The monoisotopic (exact) mass is 268 g/mol. The maximum Gasteiger partial charge on any atom is 0.321 e. The van der Waals surface area contributed by atoms with E-state index in [1.807, 2.05) is 11.9 Å². The van der Waals surface area contributed by atoms with Gasteiger partial charge in [-0.3, -0.25) is 15.0 Å². The highest BCUT2D eigenvalue weighted by Crippen LogP contribution is 2.11. The summed E-state index contributed by atoms with van der Waals surface area (Å²) in [5.41, 5.74) is 0. The summed E-state index contributed by atoms with van der Waals surface area (Å²) in [6.45, 7) is 6.11. The molecule has 3 N–H and O–H groups in total. The average molecular weight is 268 g/mol. The molecule has 0 aromatic heterocycles. The maximum atomic E-state index is 11.7. The minimum Gasteiger partial charge on any atom is -0.334 e. The van der Waals surface area contributed by atoms with Gasteiger partial charge in [-0.2, -0.15) is 0 Å². The molecular weight excluding hydrogens is 244 g/mol. The minimum atomic E-state index is -0.471. The molecule has 108 valence electrons. The molecule has 1 aliphatic heterocycles. The van der Waals surface area contributed by atoms with Gasteiger partial charge in [-0.15, -0.1) is 6.58 Å². The summed E-state index contributed by atoms with van der Waals surface area (Å²) >= 11 is 0. The Kier molecular flexibility index (Phi) is 7.14. The zero-order valence-corrected chi connectivity index (χ0v) is 11.6. The summed E-state index contributed by atoms with van der Waals surface area (Å²) in [5, 5.41) is 8.15. The van der Waals surface area contributed by atoms with Gasteiger partial charge in [0.2, 0.25) is 5.91 Å². The Balaban J connectivity index is 2.29. The summed E-state index contributed by atoms with van der Waals surface area (Å²) in [4.78, 5) is 25.0. The van der Waals surface area contributed by atoms with Gasteiger partial charge in [0.15, 0.2) is 0 Å². The van der Waals surface area contributed by atoms with Crippen molar-refractivity contribution in [1.82, 2.24) is 20.9 Å². The highest BCUT2D eigenvalue weighted by molar-refractivity contribution is 5.95. The smallest absolute Gasteiger partial charge is 0.321 e. The van der Waals surface area contributed by atoms with Gasteiger partial charge in [0.1, 0.15) is 0 Å². The number of rotatable bonds is 5. The third-order valence-corrected chi connectivity index (χ3v) is 3.22. The van der Waals surface area contributed by atoms with Crippen LogP contribution < -0.4 is 16.0 Å². The quantitative estimate of drug-likeness (QED) is 0.617. The Hall–Kier alpha value is -1.40. The molecule has 0 aromatic carbocycles. The molecule has 1 unspecified atom stereocenters. The van der Waals surface area contributed by atoms with Gasteiger partial charge in [0.05, 0.1) is 6.54 Å². The maximum absolute atomic E-state index is 11.7. The van der Waals surface area contributed by atoms with Crippen molar-refractivity contribution >= 4 is 11.9 Å². The summed E-state index contributed by atoms with van der Waals surface area (Å²) in [5.74, 6) is -0.277. The van der Waals surface area contributed by atoms with E-state index in [1.54, 1.807) is 6.08 Å². The fourth-order valence-electron chi connectivity index (χ4n) is 2.17. The van der Waals surface area contributed by atoms with Crippen molar-refractivity contribution in [3.05, 3.63) is 12.7 Å². The molecule has 0 aromatic rings. The first-order valence-corrected chi connectivity index (χ1v) is 6.73. The van der Waals surface area contributed by atoms with E-state index < -0.39 is 6.03 Å². The zero-order chi connectivity index (χ0) is 14.1. The van der Waals surface area contributed by atoms with E-state index in [9.17, 15) is 9.59 Å². The molecule has 0 saturated carbocycles. The van der Waals surface area contributed by atoms with Crippen LogP contribution in [0.3, 0.4) is 0 Å². The van der Waals surface area contributed by atoms with Gasteiger partial charge < -0.3 is 10.6 Å². The summed E-state index contributed by atoms with van der Waals surface area (Å²) < 4.78 is 0. The van der Waals surface area contributed by atoms with Crippen LogP contribution in [0.25, 0.3) is 0 Å². The first kappa shape index (κ1) is 15.7. The van der Waals surface area contributed by atoms with E-state index in [1.165, 1.54) is 0 Å². The Labute approximate surface area is 114 Å². The van der Waals surface area contributed by atoms with Crippen LogP contribution in [0.1, 0.15) is 19.3 Å². The zero-order valence-electron chi connectivity index (χ0n) is 11.6. The Morgan fingerprint density at radius 3 is 2.95 bits per heavy atom. The number of nitrogens with one attached hydrogen (secondary N) is 3. The third-order valence-electron chi connectivity index (χ3n) is 3.22. The van der Waals surface area contributed by atoms with Crippen LogP contribution in [0, 0.1) is 0 Å². The van der Waals surface area contributed by atoms with Crippen LogP contribution in [0.4, 0.5) is 4.79 Å². The molecule has 19 heavy (non-hydrogen) atoms. The number of hydrogen-bond donors (Lipinski definition) is 3. The number of hydrogen-bond acceptors (Lipinski definition) is 4. The molecule has 0 bridgehead atoms. The van der Waals surface area contributed by atoms with E-state index >= 15 is 0 Å². The SMILES string of the molecule is C=CCNC(=O)NC(=O)CN(C)C1CCCNCC1. The van der Waals surface area contributed by atoms with Crippen LogP contribution in [-0.4, -0.2) is 56.1 Å². The largest absolute Gasteiger partial charge is 0.334 e. The van der Waals surface area contributed by atoms with E-state index in [2.05, 4.69) is 22.5 Å². The van der Waals surface area contributed by atoms with Crippen LogP contribution in [-0.2, 0) is 4.79 Å². The van der Waals surface area contributed by atoms with Crippen LogP contribution in [0.2, 0.25) is 0 Å². The second-order valence-electron chi connectivity index (χ2n) is 4.80. The molecule has 6 nitrogen and oxygen atoms in total. The fraction of sp³-hybridized carbons (Fsp3) is 0.692. The molecule has 0 radical (unpaired) electrons. The lowest BCUT2D eigenvalue weighted by Crippen LogP contribution is -2.46. The van der Waals surface area contributed by atoms with Crippen molar-refractivity contribution in [1.29, 1.82) is 0 Å². The van der Waals surface area contributed by atoms with Crippen molar-refractivity contribution in [2.75, 3.05) is 33.2 Å². The lowest BCUT2D eigenvalue weighted by molar-refractivity contribution is -0.121.